The predicted octanol–water partition coefficient (Wildman–Crippen LogP) is 1.96. The monoisotopic (exact) mass is 298 g/mol. The van der Waals surface area contributed by atoms with Gasteiger partial charge in [-0.2, -0.15) is 0 Å². The van der Waals surface area contributed by atoms with E-state index in [0.717, 1.165) is 11.0 Å². The molecule has 2 rings (SSSR count). The van der Waals surface area contributed by atoms with Gasteiger partial charge in [0.1, 0.15) is 5.82 Å². The van der Waals surface area contributed by atoms with E-state index in [-0.39, 0.29) is 43.3 Å². The quantitative estimate of drug-likeness (QED) is 0.864. The molecule has 0 radical (unpaired) electrons. The molecular formula is C13H12ClFN2O3. The number of rotatable bonds is 4. The van der Waals surface area contributed by atoms with Gasteiger partial charge in [0.05, 0.1) is 5.69 Å². The van der Waals surface area contributed by atoms with Crippen LogP contribution in [0.2, 0.25) is 5.02 Å². The second kappa shape index (κ2) is 6.00. The fraction of sp³-hybridized carbons (Fsp3) is 0.308. The number of hydrogen-bond acceptors (Lipinski definition) is 3. The van der Waals surface area contributed by atoms with Gasteiger partial charge >= 0.3 is 0 Å². The van der Waals surface area contributed by atoms with Gasteiger partial charge in [0.25, 0.3) is 0 Å². The summed E-state index contributed by atoms with van der Waals surface area (Å²) in [5.74, 6) is -1.65. The van der Waals surface area contributed by atoms with Crippen molar-refractivity contribution in [3.05, 3.63) is 29.0 Å². The van der Waals surface area contributed by atoms with Gasteiger partial charge in [-0.3, -0.25) is 19.3 Å². The molecule has 0 saturated carbocycles. The average molecular weight is 299 g/mol. The van der Waals surface area contributed by atoms with Crippen LogP contribution in [-0.4, -0.2) is 29.2 Å². The Balaban J connectivity index is 1.91. The van der Waals surface area contributed by atoms with Gasteiger partial charge in [-0.1, -0.05) is 11.6 Å². The predicted molar refractivity (Wildman–Crippen MR) is 70.6 cm³/mol. The Labute approximate surface area is 119 Å². The maximum Gasteiger partial charge on any atom is 0.229 e. The van der Waals surface area contributed by atoms with Crippen LogP contribution in [0, 0.1) is 5.82 Å². The van der Waals surface area contributed by atoms with Crippen molar-refractivity contribution < 1.29 is 18.8 Å². The number of benzene rings is 1. The molecule has 1 aromatic rings. The highest BCUT2D eigenvalue weighted by Crippen LogP contribution is 2.20. The molecule has 1 N–H and O–H groups in total. The van der Waals surface area contributed by atoms with Crippen LogP contribution in [-0.2, 0) is 14.4 Å². The van der Waals surface area contributed by atoms with Crippen LogP contribution in [0.15, 0.2) is 18.2 Å². The first-order valence-electron chi connectivity index (χ1n) is 6.05. The minimum Gasteiger partial charge on any atom is -0.323 e. The molecule has 20 heavy (non-hydrogen) atoms. The SMILES string of the molecule is O=C(CCN1C(=O)CCC1=O)Nc1cc(Cl)ccc1F. The lowest BCUT2D eigenvalue weighted by Gasteiger charge is -2.13. The highest BCUT2D eigenvalue weighted by atomic mass is 35.5. The number of nitrogens with one attached hydrogen (secondary N) is 1. The largest absolute Gasteiger partial charge is 0.323 e. The van der Waals surface area contributed by atoms with Crippen molar-refractivity contribution in [1.29, 1.82) is 0 Å². The Morgan fingerprint density at radius 3 is 2.60 bits per heavy atom. The van der Waals surface area contributed by atoms with E-state index in [9.17, 15) is 18.8 Å². The van der Waals surface area contributed by atoms with Crippen LogP contribution in [0.25, 0.3) is 0 Å². The van der Waals surface area contributed by atoms with Crippen LogP contribution >= 0.6 is 11.6 Å². The van der Waals surface area contributed by atoms with Crippen LogP contribution in [0.1, 0.15) is 19.3 Å². The molecule has 0 aromatic heterocycles. The van der Waals surface area contributed by atoms with Gasteiger partial charge in [0.2, 0.25) is 17.7 Å². The molecule has 1 aliphatic rings. The first-order chi connectivity index (χ1) is 9.47. The number of amides is 3. The van der Waals surface area contributed by atoms with Crippen molar-refractivity contribution in [2.24, 2.45) is 0 Å². The van der Waals surface area contributed by atoms with Crippen molar-refractivity contribution in [2.45, 2.75) is 19.3 Å². The molecule has 1 heterocycles. The summed E-state index contributed by atoms with van der Waals surface area (Å²) in [4.78, 5) is 35.4. The van der Waals surface area contributed by atoms with E-state index in [1.54, 1.807) is 0 Å². The molecule has 0 bridgehead atoms. The number of hydrogen-bond donors (Lipinski definition) is 1. The molecule has 1 fully saturated rings. The lowest BCUT2D eigenvalue weighted by Crippen LogP contribution is -2.32. The number of halogens is 2. The Kier molecular flexibility index (Phi) is 4.34. The van der Waals surface area contributed by atoms with E-state index in [1.807, 2.05) is 0 Å². The van der Waals surface area contributed by atoms with Crippen molar-refractivity contribution in [3.8, 4) is 0 Å². The van der Waals surface area contributed by atoms with E-state index in [0.29, 0.717) is 5.02 Å². The smallest absolute Gasteiger partial charge is 0.229 e. The summed E-state index contributed by atoms with van der Waals surface area (Å²) in [6, 6.07) is 3.81. The van der Waals surface area contributed by atoms with Gasteiger partial charge in [0, 0.05) is 30.8 Å². The minimum absolute atomic E-state index is 0.00564. The molecule has 0 unspecified atom stereocenters. The first-order valence-corrected chi connectivity index (χ1v) is 6.43. The first kappa shape index (κ1) is 14.5. The van der Waals surface area contributed by atoms with Crippen LogP contribution in [0.3, 0.4) is 0 Å². The Bertz CT molecular complexity index is 561. The van der Waals surface area contributed by atoms with Crippen molar-refractivity contribution in [2.75, 3.05) is 11.9 Å². The summed E-state index contributed by atoms with van der Waals surface area (Å²) >= 11 is 5.70. The number of nitrogens with zero attached hydrogens (tertiary/aromatic N) is 1. The van der Waals surface area contributed by atoms with Crippen LogP contribution in [0.4, 0.5) is 10.1 Å². The van der Waals surface area contributed by atoms with E-state index in [4.69, 9.17) is 11.6 Å². The molecule has 106 valence electrons. The number of likely N-dealkylation sites (tertiary alicyclic amines) is 1. The van der Waals surface area contributed by atoms with E-state index >= 15 is 0 Å². The molecule has 1 aromatic carbocycles. The Hall–Kier alpha value is -1.95. The number of carbonyl (C=O) groups is 3. The topological polar surface area (TPSA) is 66.5 Å². The Morgan fingerprint density at radius 2 is 1.95 bits per heavy atom. The number of anilines is 1. The molecule has 7 heteroatoms. The molecule has 0 atom stereocenters. The molecule has 5 nitrogen and oxygen atoms in total. The van der Waals surface area contributed by atoms with Crippen LogP contribution in [0.5, 0.6) is 0 Å². The number of carbonyl (C=O) groups excluding carboxylic acids is 3. The normalized spacial score (nSPS) is 14.8. The zero-order valence-corrected chi connectivity index (χ0v) is 11.2. The summed E-state index contributed by atoms with van der Waals surface area (Å²) in [6.45, 7) is 0.00564. The summed E-state index contributed by atoms with van der Waals surface area (Å²) in [7, 11) is 0. The number of imide groups is 1. The highest BCUT2D eigenvalue weighted by Gasteiger charge is 2.28. The van der Waals surface area contributed by atoms with E-state index in [1.165, 1.54) is 12.1 Å². The Morgan fingerprint density at radius 1 is 1.30 bits per heavy atom. The average Bonchev–Trinajstić information content (AvgIpc) is 2.71. The van der Waals surface area contributed by atoms with E-state index < -0.39 is 11.7 Å². The van der Waals surface area contributed by atoms with E-state index in [2.05, 4.69) is 5.32 Å². The second-order valence-electron chi connectivity index (χ2n) is 4.36. The zero-order chi connectivity index (χ0) is 14.7. The lowest BCUT2D eigenvalue weighted by molar-refractivity contribution is -0.138. The van der Waals surface area contributed by atoms with Crippen molar-refractivity contribution in [1.82, 2.24) is 4.90 Å². The summed E-state index contributed by atoms with van der Waals surface area (Å²) in [5, 5.41) is 2.65. The third-order valence-corrected chi connectivity index (χ3v) is 3.15. The summed E-state index contributed by atoms with van der Waals surface area (Å²) in [6.07, 6.45) is 0.288. The molecule has 1 saturated heterocycles. The minimum atomic E-state index is -0.601. The third kappa shape index (κ3) is 3.33. The van der Waals surface area contributed by atoms with Gasteiger partial charge in [0.15, 0.2) is 0 Å². The summed E-state index contributed by atoms with van der Waals surface area (Å²) in [5.41, 5.74) is -0.0263. The maximum atomic E-state index is 13.4. The molecule has 1 aliphatic heterocycles. The van der Waals surface area contributed by atoms with Gasteiger partial charge in [-0.05, 0) is 18.2 Å². The van der Waals surface area contributed by atoms with Crippen LogP contribution < -0.4 is 5.32 Å². The fourth-order valence-corrected chi connectivity index (χ4v) is 2.06. The maximum absolute atomic E-state index is 13.4. The third-order valence-electron chi connectivity index (χ3n) is 2.92. The standard InChI is InChI=1S/C13H12ClFN2O3/c14-8-1-2-9(15)10(7-8)16-11(18)5-6-17-12(19)3-4-13(17)20/h1-2,7H,3-6H2,(H,16,18). The highest BCUT2D eigenvalue weighted by molar-refractivity contribution is 6.30. The molecule has 0 spiro atoms. The van der Waals surface area contributed by atoms with Crippen molar-refractivity contribution >= 4 is 35.0 Å². The molecular weight excluding hydrogens is 287 g/mol. The second-order valence-corrected chi connectivity index (χ2v) is 4.80. The van der Waals surface area contributed by atoms with Crippen molar-refractivity contribution in [3.63, 3.8) is 0 Å². The molecule has 0 aliphatic carbocycles. The van der Waals surface area contributed by atoms with Gasteiger partial charge < -0.3 is 5.32 Å². The van der Waals surface area contributed by atoms with Gasteiger partial charge in [-0.15, -0.1) is 0 Å². The summed E-state index contributed by atoms with van der Waals surface area (Å²) < 4.78 is 13.4. The van der Waals surface area contributed by atoms with Gasteiger partial charge in [-0.25, -0.2) is 4.39 Å². The lowest BCUT2D eigenvalue weighted by atomic mass is 10.3. The molecule has 3 amide bonds. The zero-order valence-electron chi connectivity index (χ0n) is 10.5. The fourth-order valence-electron chi connectivity index (χ4n) is 1.89.